The molecule has 144 valence electrons. The van der Waals surface area contributed by atoms with Crippen molar-refractivity contribution in [2.24, 2.45) is 0 Å². The Morgan fingerprint density at radius 1 is 1.08 bits per heavy atom. The average molecular weight is 452 g/mol. The predicted molar refractivity (Wildman–Crippen MR) is 108 cm³/mol. The van der Waals surface area contributed by atoms with Gasteiger partial charge in [-0.15, -0.1) is 11.4 Å². The SMILES string of the molecule is CCN(CC)CC1=CC=C/C(=C\P(C(C)(C)C)C(C)(C)C)[N-]1.[C-]#[O+].[RuH+]. The van der Waals surface area contributed by atoms with Gasteiger partial charge in [-0.25, -0.2) is 0 Å². The Morgan fingerprint density at radius 2 is 1.56 bits per heavy atom. The number of nitrogens with zero attached hydrogens (tertiary/aromatic N) is 2. The van der Waals surface area contributed by atoms with Crippen molar-refractivity contribution in [3.63, 3.8) is 0 Å². The zero-order valence-corrected chi connectivity index (χ0v) is 19.8. The summed E-state index contributed by atoms with van der Waals surface area (Å²) in [4.78, 5) is 2.41. The van der Waals surface area contributed by atoms with Gasteiger partial charge in [0, 0.05) is 6.54 Å². The van der Waals surface area contributed by atoms with E-state index in [1.807, 2.05) is 0 Å². The first-order valence-electron chi connectivity index (χ1n) is 8.61. The first kappa shape index (κ1) is 27.0. The van der Waals surface area contributed by atoms with Crippen molar-refractivity contribution in [1.82, 2.24) is 4.90 Å². The van der Waals surface area contributed by atoms with Crippen LogP contribution in [0.5, 0.6) is 0 Å². The molecule has 0 unspecified atom stereocenters. The molecule has 0 bridgehead atoms. The fraction of sp³-hybridized carbons (Fsp3) is 0.650. The van der Waals surface area contributed by atoms with E-state index in [0.717, 1.165) is 25.3 Å². The number of hydrogen-bond donors (Lipinski definition) is 0. The zero-order chi connectivity index (χ0) is 19.0. The molecule has 0 fully saturated rings. The standard InChI is InChI=1S/C19H34N2P.CO.Ru.H/c1-9-21(10-2)14-16-12-11-13-17(20-16)15-22(18(3,4)5)19(6,7)8;1-2;;/h11-13,15H,9-10,14H2,1-8H3;;;/q-1;;+1;/b17-15+;;;. The number of allylic oxidation sites excluding steroid dienone is 3. The Kier molecular flexibility index (Phi) is 13.2. The first-order chi connectivity index (χ1) is 11.1. The summed E-state index contributed by atoms with van der Waals surface area (Å²) in [7, 11) is -0.260. The second-order valence-corrected chi connectivity index (χ2v) is 11.5. The predicted octanol–water partition coefficient (Wildman–Crippen LogP) is 5.77. The van der Waals surface area contributed by atoms with E-state index in [1.54, 1.807) is 0 Å². The summed E-state index contributed by atoms with van der Waals surface area (Å²) in [5.74, 6) is 2.43. The molecule has 0 atom stereocenters. The molecule has 1 aliphatic heterocycles. The van der Waals surface area contributed by atoms with Crippen molar-refractivity contribution in [3.05, 3.63) is 47.4 Å². The van der Waals surface area contributed by atoms with E-state index in [0.29, 0.717) is 10.3 Å². The third-order valence-electron chi connectivity index (χ3n) is 3.82. The fourth-order valence-electron chi connectivity index (χ4n) is 2.86. The van der Waals surface area contributed by atoms with Gasteiger partial charge in [0.2, 0.25) is 0 Å². The van der Waals surface area contributed by atoms with Gasteiger partial charge in [0.15, 0.2) is 0 Å². The van der Waals surface area contributed by atoms with Crippen molar-refractivity contribution in [1.29, 1.82) is 0 Å². The summed E-state index contributed by atoms with van der Waals surface area (Å²) in [6, 6.07) is 0. The van der Waals surface area contributed by atoms with Crippen molar-refractivity contribution in [3.8, 4) is 0 Å². The van der Waals surface area contributed by atoms with Gasteiger partial charge in [-0.05, 0) is 23.4 Å². The average Bonchev–Trinajstić information content (AvgIpc) is 2.50. The maximum absolute atomic E-state index is 7.50. The van der Waals surface area contributed by atoms with Gasteiger partial charge in [0.1, 0.15) is 0 Å². The maximum atomic E-state index is 7.50. The van der Waals surface area contributed by atoms with Crippen LogP contribution in [0.15, 0.2) is 35.4 Å². The molecule has 5 heteroatoms. The summed E-state index contributed by atoms with van der Waals surface area (Å²) < 4.78 is 7.50. The van der Waals surface area contributed by atoms with E-state index in [2.05, 4.69) is 91.0 Å². The van der Waals surface area contributed by atoms with Crippen LogP contribution in [0.4, 0.5) is 0 Å². The molecule has 0 saturated heterocycles. The van der Waals surface area contributed by atoms with Gasteiger partial charge in [0.05, 0.1) is 0 Å². The van der Waals surface area contributed by atoms with Crippen LogP contribution in [0.25, 0.3) is 5.32 Å². The van der Waals surface area contributed by atoms with Crippen LogP contribution in [0, 0.1) is 6.65 Å². The molecule has 0 N–H and O–H groups in total. The molecule has 0 amide bonds. The van der Waals surface area contributed by atoms with Crippen LogP contribution in [-0.2, 0) is 24.1 Å². The molecule has 3 nitrogen and oxygen atoms in total. The van der Waals surface area contributed by atoms with E-state index in [1.165, 1.54) is 5.70 Å². The molecule has 25 heavy (non-hydrogen) atoms. The van der Waals surface area contributed by atoms with E-state index in [-0.39, 0.29) is 27.4 Å². The number of hydrogen-bond acceptors (Lipinski definition) is 1. The van der Waals surface area contributed by atoms with Crippen molar-refractivity contribution in [2.45, 2.75) is 65.7 Å². The van der Waals surface area contributed by atoms with Crippen molar-refractivity contribution in [2.75, 3.05) is 19.6 Å². The van der Waals surface area contributed by atoms with Gasteiger partial charge < -0.3 is 10.2 Å². The molecular formula is C20H35N2OPRu. The summed E-state index contributed by atoms with van der Waals surface area (Å²) in [6.45, 7) is 26.1. The van der Waals surface area contributed by atoms with Gasteiger partial charge in [-0.2, -0.15) is 0 Å². The zero-order valence-electron chi connectivity index (χ0n) is 17.1. The Labute approximate surface area is 169 Å². The molecule has 0 saturated carbocycles. The molecular weight excluding hydrogens is 416 g/mol. The molecule has 0 aromatic heterocycles. The summed E-state index contributed by atoms with van der Waals surface area (Å²) >= 11 is 0. The van der Waals surface area contributed by atoms with E-state index in [4.69, 9.17) is 9.97 Å². The molecule has 1 aliphatic rings. The Balaban J connectivity index is 0. The number of likely N-dealkylation sites (N-methyl/N-ethyl adjacent to an activating group) is 1. The Hall–Kier alpha value is -0.227. The van der Waals surface area contributed by atoms with E-state index in [9.17, 15) is 0 Å². The molecule has 1 heterocycles. The second-order valence-electron chi connectivity index (χ2n) is 7.86. The van der Waals surface area contributed by atoms with Crippen LogP contribution in [0.1, 0.15) is 55.4 Å². The quantitative estimate of drug-likeness (QED) is 0.226. The normalized spacial score (nSPS) is 16.0. The minimum absolute atomic E-state index is 0. The van der Waals surface area contributed by atoms with Gasteiger partial charge in [0.25, 0.3) is 0 Å². The van der Waals surface area contributed by atoms with Crippen molar-refractivity contribution >= 4 is 7.92 Å². The van der Waals surface area contributed by atoms with Crippen LogP contribution in [0.3, 0.4) is 0 Å². The minimum atomic E-state index is -0.260. The van der Waals surface area contributed by atoms with Crippen LogP contribution in [0.2, 0.25) is 0 Å². The molecule has 0 aromatic rings. The summed E-state index contributed by atoms with van der Waals surface area (Å²) in [6.07, 6.45) is 6.45. The molecule has 1 radical (unpaired) electrons. The first-order valence-corrected chi connectivity index (χ1v) is 10.0. The molecule has 0 spiro atoms. The molecule has 0 aromatic carbocycles. The van der Waals surface area contributed by atoms with Crippen LogP contribution < -0.4 is 0 Å². The topological polar surface area (TPSA) is 37.2 Å². The third-order valence-corrected chi connectivity index (χ3v) is 7.23. The second kappa shape index (κ2) is 12.2. The third kappa shape index (κ3) is 9.88. The molecule has 0 aliphatic carbocycles. The van der Waals surface area contributed by atoms with Crippen LogP contribution in [-0.4, -0.2) is 34.8 Å². The Morgan fingerprint density at radius 3 is 1.96 bits per heavy atom. The van der Waals surface area contributed by atoms with Gasteiger partial charge >= 0.3 is 30.8 Å². The summed E-state index contributed by atoms with van der Waals surface area (Å²) in [5, 5.41) is 5.49. The number of rotatable bonds is 5. The Bertz CT molecular complexity index is 478. The van der Waals surface area contributed by atoms with E-state index < -0.39 is 0 Å². The van der Waals surface area contributed by atoms with Crippen LogP contribution >= 0.6 is 7.92 Å². The fourth-order valence-corrected chi connectivity index (χ4v) is 6.06. The molecule has 1 rings (SSSR count). The van der Waals surface area contributed by atoms with Gasteiger partial charge in [-0.3, -0.25) is 0 Å². The van der Waals surface area contributed by atoms with Gasteiger partial charge in [-0.1, -0.05) is 87.4 Å². The monoisotopic (exact) mass is 452 g/mol. The summed E-state index contributed by atoms with van der Waals surface area (Å²) in [5.41, 5.74) is 2.32. The van der Waals surface area contributed by atoms with Crippen molar-refractivity contribution < 1.29 is 24.1 Å². The van der Waals surface area contributed by atoms with E-state index >= 15 is 0 Å².